The van der Waals surface area contributed by atoms with Gasteiger partial charge in [-0.3, -0.25) is 30.0 Å². The first kappa shape index (κ1) is 25.7. The van der Waals surface area contributed by atoms with Crippen molar-refractivity contribution in [1.29, 1.82) is 0 Å². The Labute approximate surface area is 193 Å². The zero-order valence-electron chi connectivity index (χ0n) is 18.8. The molecular weight excluding hydrogens is 448 g/mol. The first-order valence-corrected chi connectivity index (χ1v) is 11.7. The molecule has 2 aromatic rings. The second-order valence-electron chi connectivity index (χ2n) is 7.45. The van der Waals surface area contributed by atoms with Gasteiger partial charge >= 0.3 is 0 Å². The molecule has 0 bridgehead atoms. The number of hydrogen-bond acceptors (Lipinski definition) is 6. The molecule has 178 valence electrons. The monoisotopic (exact) mass is 476 g/mol. The second kappa shape index (κ2) is 11.3. The molecule has 0 fully saturated rings. The largest absolute Gasteiger partial charge is 0.494 e. The SMILES string of the molecule is CCOc1ccc(S(=O)(=O)Nc2ccc(C(=O)NNC(=O)C(NC(C)=O)C(C)C)cc2)cc1. The molecule has 0 spiro atoms. The summed E-state index contributed by atoms with van der Waals surface area (Å²) in [7, 11) is -3.82. The van der Waals surface area contributed by atoms with Crippen LogP contribution in [0.25, 0.3) is 0 Å². The van der Waals surface area contributed by atoms with E-state index >= 15 is 0 Å². The van der Waals surface area contributed by atoms with Crippen molar-refractivity contribution >= 4 is 33.4 Å². The first-order valence-electron chi connectivity index (χ1n) is 10.3. The Kier molecular flexibility index (Phi) is 8.80. The van der Waals surface area contributed by atoms with Gasteiger partial charge in [0.05, 0.1) is 11.5 Å². The van der Waals surface area contributed by atoms with Crippen LogP contribution in [0.4, 0.5) is 5.69 Å². The Morgan fingerprint density at radius 1 is 0.939 bits per heavy atom. The number of carbonyl (C=O) groups is 3. The summed E-state index contributed by atoms with van der Waals surface area (Å²) in [5.74, 6) is -1.15. The van der Waals surface area contributed by atoms with Gasteiger partial charge in [0.2, 0.25) is 5.91 Å². The van der Waals surface area contributed by atoms with Gasteiger partial charge in [0.25, 0.3) is 21.8 Å². The Balaban J connectivity index is 1.99. The molecule has 11 heteroatoms. The lowest BCUT2D eigenvalue weighted by atomic mass is 10.0. The van der Waals surface area contributed by atoms with Crippen LogP contribution in [0.5, 0.6) is 5.75 Å². The van der Waals surface area contributed by atoms with E-state index in [0.717, 1.165) is 0 Å². The molecule has 2 aromatic carbocycles. The molecule has 0 radical (unpaired) electrons. The minimum absolute atomic E-state index is 0.0642. The van der Waals surface area contributed by atoms with Crippen molar-refractivity contribution in [3.63, 3.8) is 0 Å². The molecule has 4 N–H and O–H groups in total. The molecule has 0 aliphatic rings. The number of hydrazine groups is 1. The van der Waals surface area contributed by atoms with E-state index in [1.165, 1.54) is 43.3 Å². The zero-order chi connectivity index (χ0) is 24.6. The van der Waals surface area contributed by atoms with Gasteiger partial charge in [0.15, 0.2) is 0 Å². The van der Waals surface area contributed by atoms with Crippen LogP contribution in [0, 0.1) is 5.92 Å². The molecule has 1 atom stereocenters. The van der Waals surface area contributed by atoms with Crippen molar-refractivity contribution in [2.45, 2.75) is 38.6 Å². The van der Waals surface area contributed by atoms with Crippen LogP contribution >= 0.6 is 0 Å². The van der Waals surface area contributed by atoms with Crippen LogP contribution < -0.4 is 25.6 Å². The maximum Gasteiger partial charge on any atom is 0.269 e. The minimum atomic E-state index is -3.82. The third-order valence-electron chi connectivity index (χ3n) is 4.45. The van der Waals surface area contributed by atoms with E-state index in [4.69, 9.17) is 4.74 Å². The van der Waals surface area contributed by atoms with Crippen molar-refractivity contribution in [2.24, 2.45) is 5.92 Å². The Morgan fingerprint density at radius 2 is 1.55 bits per heavy atom. The highest BCUT2D eigenvalue weighted by atomic mass is 32.2. The first-order chi connectivity index (χ1) is 15.5. The number of nitrogens with one attached hydrogen (secondary N) is 4. The van der Waals surface area contributed by atoms with Gasteiger partial charge < -0.3 is 10.1 Å². The zero-order valence-corrected chi connectivity index (χ0v) is 19.7. The van der Waals surface area contributed by atoms with Crippen molar-refractivity contribution in [3.05, 3.63) is 54.1 Å². The van der Waals surface area contributed by atoms with E-state index in [0.29, 0.717) is 12.4 Å². The number of amides is 3. The molecular formula is C22H28N4O6S. The number of hydrogen-bond donors (Lipinski definition) is 4. The molecule has 0 aromatic heterocycles. The number of carbonyl (C=O) groups excluding carboxylic acids is 3. The Bertz CT molecular complexity index is 1080. The highest BCUT2D eigenvalue weighted by Gasteiger charge is 2.23. The third-order valence-corrected chi connectivity index (χ3v) is 5.85. The van der Waals surface area contributed by atoms with Crippen LogP contribution in [0.3, 0.4) is 0 Å². The smallest absolute Gasteiger partial charge is 0.269 e. The standard InChI is InChI=1S/C22H28N4O6S/c1-5-32-18-10-12-19(13-11-18)33(30,31)26-17-8-6-16(7-9-17)21(28)24-25-22(29)20(14(2)3)23-15(4)27/h6-14,20,26H,5H2,1-4H3,(H,23,27)(H,24,28)(H,25,29). The molecule has 0 heterocycles. The number of ether oxygens (including phenoxy) is 1. The summed E-state index contributed by atoms with van der Waals surface area (Å²) in [5, 5.41) is 2.52. The molecule has 0 aliphatic heterocycles. The van der Waals surface area contributed by atoms with E-state index in [1.807, 2.05) is 6.92 Å². The summed E-state index contributed by atoms with van der Waals surface area (Å²) in [5.41, 5.74) is 5.01. The molecule has 0 saturated carbocycles. The lowest BCUT2D eigenvalue weighted by Gasteiger charge is -2.21. The fraction of sp³-hybridized carbons (Fsp3) is 0.318. The predicted molar refractivity (Wildman–Crippen MR) is 123 cm³/mol. The maximum absolute atomic E-state index is 12.6. The van der Waals surface area contributed by atoms with Gasteiger partial charge in [0, 0.05) is 18.2 Å². The molecule has 0 aliphatic carbocycles. The van der Waals surface area contributed by atoms with Crippen LogP contribution in [-0.2, 0) is 19.6 Å². The molecule has 1 unspecified atom stereocenters. The molecule has 3 amide bonds. The Morgan fingerprint density at radius 3 is 2.06 bits per heavy atom. The topological polar surface area (TPSA) is 143 Å². The van der Waals surface area contributed by atoms with E-state index in [9.17, 15) is 22.8 Å². The average Bonchev–Trinajstić information content (AvgIpc) is 2.76. The average molecular weight is 477 g/mol. The summed E-state index contributed by atoms with van der Waals surface area (Å²) in [6, 6.07) is 10.9. The fourth-order valence-electron chi connectivity index (χ4n) is 2.81. The molecule has 2 rings (SSSR count). The van der Waals surface area contributed by atoms with Gasteiger partial charge in [-0.15, -0.1) is 0 Å². The summed E-state index contributed by atoms with van der Waals surface area (Å²) < 4.78 is 32.9. The lowest BCUT2D eigenvalue weighted by Crippen LogP contribution is -2.54. The molecule has 0 saturated heterocycles. The second-order valence-corrected chi connectivity index (χ2v) is 9.14. The highest BCUT2D eigenvalue weighted by molar-refractivity contribution is 7.92. The summed E-state index contributed by atoms with van der Waals surface area (Å²) >= 11 is 0. The summed E-state index contributed by atoms with van der Waals surface area (Å²) in [6.45, 7) is 7.12. The fourth-order valence-corrected chi connectivity index (χ4v) is 3.87. The number of rotatable bonds is 9. The summed E-state index contributed by atoms with van der Waals surface area (Å²) in [6.07, 6.45) is 0. The third kappa shape index (κ3) is 7.49. The van der Waals surface area contributed by atoms with Gasteiger partial charge in [-0.2, -0.15) is 0 Å². The van der Waals surface area contributed by atoms with E-state index in [-0.39, 0.29) is 28.0 Å². The number of benzene rings is 2. The van der Waals surface area contributed by atoms with Crippen molar-refractivity contribution in [2.75, 3.05) is 11.3 Å². The van der Waals surface area contributed by atoms with Crippen molar-refractivity contribution in [1.82, 2.24) is 16.2 Å². The summed E-state index contributed by atoms with van der Waals surface area (Å²) in [4.78, 5) is 35.9. The van der Waals surface area contributed by atoms with Gasteiger partial charge in [0.1, 0.15) is 11.8 Å². The van der Waals surface area contributed by atoms with Crippen LogP contribution in [0.2, 0.25) is 0 Å². The van der Waals surface area contributed by atoms with E-state index in [2.05, 4.69) is 20.9 Å². The van der Waals surface area contributed by atoms with Gasteiger partial charge in [-0.05, 0) is 61.4 Å². The number of anilines is 1. The van der Waals surface area contributed by atoms with Crippen molar-refractivity contribution < 1.29 is 27.5 Å². The van der Waals surface area contributed by atoms with Crippen LogP contribution in [-0.4, -0.2) is 38.8 Å². The maximum atomic E-state index is 12.6. The minimum Gasteiger partial charge on any atom is -0.494 e. The molecule has 10 nitrogen and oxygen atoms in total. The molecule has 33 heavy (non-hydrogen) atoms. The van der Waals surface area contributed by atoms with E-state index < -0.39 is 27.9 Å². The van der Waals surface area contributed by atoms with Crippen molar-refractivity contribution in [3.8, 4) is 5.75 Å². The highest BCUT2D eigenvalue weighted by Crippen LogP contribution is 2.19. The Hall–Kier alpha value is -3.60. The van der Waals surface area contributed by atoms with Crippen LogP contribution in [0.15, 0.2) is 53.4 Å². The normalized spacial score (nSPS) is 11.9. The lowest BCUT2D eigenvalue weighted by molar-refractivity contribution is -0.129. The number of sulfonamides is 1. The quantitative estimate of drug-likeness (QED) is 0.407. The van der Waals surface area contributed by atoms with Gasteiger partial charge in [-0.25, -0.2) is 8.42 Å². The van der Waals surface area contributed by atoms with Gasteiger partial charge in [-0.1, -0.05) is 13.8 Å². The van der Waals surface area contributed by atoms with E-state index in [1.54, 1.807) is 26.0 Å². The predicted octanol–water partition coefficient (Wildman–Crippen LogP) is 1.81. The van der Waals surface area contributed by atoms with Crippen LogP contribution in [0.1, 0.15) is 38.1 Å².